The van der Waals surface area contributed by atoms with Crippen LogP contribution in [-0.2, 0) is 13.0 Å². The standard InChI is InChI=1S/C20H28N4O2/c1-5-16-10-20(22-14(2)21-16)23-17-6-7-24(13-17)12-15-8-18(25-3)11-19(9-15)26-4/h8-11,17H,5-7,12-13H2,1-4H3,(H,21,22,23). The van der Waals surface area contributed by atoms with Crippen LogP contribution in [0.2, 0.25) is 0 Å². The number of likely N-dealkylation sites (tertiary alicyclic amines) is 1. The lowest BCUT2D eigenvalue weighted by molar-refractivity contribution is 0.326. The minimum Gasteiger partial charge on any atom is -0.497 e. The van der Waals surface area contributed by atoms with Crippen LogP contribution < -0.4 is 14.8 Å². The number of rotatable bonds is 7. The molecule has 6 nitrogen and oxygen atoms in total. The van der Waals surface area contributed by atoms with Crippen molar-refractivity contribution in [2.45, 2.75) is 39.3 Å². The molecular weight excluding hydrogens is 328 g/mol. The van der Waals surface area contributed by atoms with Crippen LogP contribution in [0.1, 0.15) is 30.4 Å². The quantitative estimate of drug-likeness (QED) is 0.823. The molecule has 26 heavy (non-hydrogen) atoms. The van der Waals surface area contributed by atoms with E-state index < -0.39 is 0 Å². The van der Waals surface area contributed by atoms with Crippen molar-refractivity contribution in [2.24, 2.45) is 0 Å². The predicted octanol–water partition coefficient (Wildman–Crippen LogP) is 3.05. The van der Waals surface area contributed by atoms with Crippen LogP contribution in [0.3, 0.4) is 0 Å². The number of nitrogens with zero attached hydrogens (tertiary/aromatic N) is 3. The summed E-state index contributed by atoms with van der Waals surface area (Å²) >= 11 is 0. The molecule has 1 aliphatic heterocycles. The number of aromatic nitrogens is 2. The summed E-state index contributed by atoms with van der Waals surface area (Å²) in [4.78, 5) is 11.4. The van der Waals surface area contributed by atoms with Gasteiger partial charge in [-0.2, -0.15) is 0 Å². The molecule has 1 N–H and O–H groups in total. The van der Waals surface area contributed by atoms with Crippen LogP contribution in [-0.4, -0.2) is 48.2 Å². The van der Waals surface area contributed by atoms with Gasteiger partial charge >= 0.3 is 0 Å². The second kappa shape index (κ2) is 8.36. The first-order valence-corrected chi connectivity index (χ1v) is 9.15. The van der Waals surface area contributed by atoms with Gasteiger partial charge in [-0.3, -0.25) is 4.90 Å². The van der Waals surface area contributed by atoms with E-state index >= 15 is 0 Å². The zero-order valence-electron chi connectivity index (χ0n) is 16.1. The molecule has 1 aliphatic rings. The maximum Gasteiger partial charge on any atom is 0.130 e. The molecular formula is C20H28N4O2. The summed E-state index contributed by atoms with van der Waals surface area (Å²) in [6.45, 7) is 6.99. The highest BCUT2D eigenvalue weighted by Gasteiger charge is 2.23. The van der Waals surface area contributed by atoms with E-state index in [2.05, 4.69) is 45.3 Å². The first-order valence-electron chi connectivity index (χ1n) is 9.15. The first-order chi connectivity index (χ1) is 12.6. The second-order valence-corrected chi connectivity index (χ2v) is 6.73. The molecule has 0 bridgehead atoms. The van der Waals surface area contributed by atoms with Crippen molar-refractivity contribution >= 4 is 5.82 Å². The Bertz CT molecular complexity index is 728. The summed E-state index contributed by atoms with van der Waals surface area (Å²) < 4.78 is 10.7. The van der Waals surface area contributed by atoms with Gasteiger partial charge in [0.25, 0.3) is 0 Å². The number of ether oxygens (including phenoxy) is 2. The number of hydrogen-bond donors (Lipinski definition) is 1. The minimum absolute atomic E-state index is 0.404. The van der Waals surface area contributed by atoms with E-state index in [0.29, 0.717) is 6.04 Å². The van der Waals surface area contributed by atoms with Crippen molar-refractivity contribution in [1.82, 2.24) is 14.9 Å². The Balaban J connectivity index is 1.61. The van der Waals surface area contributed by atoms with Crippen molar-refractivity contribution in [3.8, 4) is 11.5 Å². The number of hydrogen-bond acceptors (Lipinski definition) is 6. The van der Waals surface area contributed by atoms with Crippen LogP contribution in [0.4, 0.5) is 5.82 Å². The van der Waals surface area contributed by atoms with Gasteiger partial charge in [0, 0.05) is 43.5 Å². The van der Waals surface area contributed by atoms with Crippen molar-refractivity contribution in [3.05, 3.63) is 41.3 Å². The van der Waals surface area contributed by atoms with Gasteiger partial charge in [-0.25, -0.2) is 9.97 Å². The molecule has 0 amide bonds. The Hall–Kier alpha value is -2.34. The van der Waals surface area contributed by atoms with Crippen LogP contribution >= 0.6 is 0 Å². The lowest BCUT2D eigenvalue weighted by Gasteiger charge is -2.18. The maximum absolute atomic E-state index is 5.37. The Kier molecular flexibility index (Phi) is 5.93. The van der Waals surface area contributed by atoms with Crippen LogP contribution in [0, 0.1) is 6.92 Å². The van der Waals surface area contributed by atoms with E-state index in [4.69, 9.17) is 9.47 Å². The molecule has 0 aliphatic carbocycles. The minimum atomic E-state index is 0.404. The number of methoxy groups -OCH3 is 2. The third-order valence-electron chi connectivity index (χ3n) is 4.70. The van der Waals surface area contributed by atoms with Crippen molar-refractivity contribution < 1.29 is 9.47 Å². The molecule has 0 saturated carbocycles. The number of nitrogens with one attached hydrogen (secondary N) is 1. The number of benzene rings is 1. The summed E-state index contributed by atoms with van der Waals surface area (Å²) in [5.74, 6) is 3.42. The molecule has 2 heterocycles. The van der Waals surface area contributed by atoms with E-state index in [-0.39, 0.29) is 0 Å². The SMILES string of the molecule is CCc1cc(NC2CCN(Cc3cc(OC)cc(OC)c3)C2)nc(C)n1. The zero-order valence-corrected chi connectivity index (χ0v) is 16.1. The predicted molar refractivity (Wildman–Crippen MR) is 103 cm³/mol. The van der Waals surface area contributed by atoms with E-state index in [0.717, 1.165) is 61.3 Å². The smallest absolute Gasteiger partial charge is 0.130 e. The molecule has 1 atom stereocenters. The monoisotopic (exact) mass is 356 g/mol. The molecule has 0 spiro atoms. The molecule has 3 rings (SSSR count). The Morgan fingerprint density at radius 3 is 2.50 bits per heavy atom. The fraction of sp³-hybridized carbons (Fsp3) is 0.500. The topological polar surface area (TPSA) is 59.5 Å². The van der Waals surface area contributed by atoms with Crippen molar-refractivity contribution in [2.75, 3.05) is 32.6 Å². The van der Waals surface area contributed by atoms with Gasteiger partial charge in [-0.15, -0.1) is 0 Å². The molecule has 1 aromatic heterocycles. The molecule has 1 unspecified atom stereocenters. The lowest BCUT2D eigenvalue weighted by Crippen LogP contribution is -2.26. The van der Waals surface area contributed by atoms with Crippen LogP contribution in [0.15, 0.2) is 24.3 Å². The maximum atomic E-state index is 5.37. The normalized spacial score (nSPS) is 17.3. The summed E-state index contributed by atoms with van der Waals surface area (Å²) in [5, 5.41) is 3.58. The Morgan fingerprint density at radius 1 is 1.12 bits per heavy atom. The number of aryl methyl sites for hydroxylation is 2. The zero-order chi connectivity index (χ0) is 18.5. The largest absolute Gasteiger partial charge is 0.497 e. The van der Waals surface area contributed by atoms with Crippen molar-refractivity contribution in [1.29, 1.82) is 0 Å². The summed E-state index contributed by atoms with van der Waals surface area (Å²) in [6, 6.07) is 8.51. The Labute approximate surface area is 155 Å². The first kappa shape index (κ1) is 18.5. The van der Waals surface area contributed by atoms with Crippen LogP contribution in [0.5, 0.6) is 11.5 Å². The third-order valence-corrected chi connectivity index (χ3v) is 4.70. The highest BCUT2D eigenvalue weighted by atomic mass is 16.5. The molecule has 0 radical (unpaired) electrons. The van der Waals surface area contributed by atoms with Crippen molar-refractivity contribution in [3.63, 3.8) is 0 Å². The van der Waals surface area contributed by atoms with Crippen LogP contribution in [0.25, 0.3) is 0 Å². The Morgan fingerprint density at radius 2 is 1.85 bits per heavy atom. The van der Waals surface area contributed by atoms with E-state index in [1.807, 2.05) is 13.0 Å². The van der Waals surface area contributed by atoms with E-state index in [1.165, 1.54) is 5.56 Å². The average molecular weight is 356 g/mol. The van der Waals surface area contributed by atoms with Gasteiger partial charge in [0.05, 0.1) is 14.2 Å². The summed E-state index contributed by atoms with van der Waals surface area (Å²) in [7, 11) is 3.37. The fourth-order valence-corrected chi connectivity index (χ4v) is 3.40. The van der Waals surface area contributed by atoms with Gasteiger partial charge in [-0.1, -0.05) is 6.92 Å². The molecule has 6 heteroatoms. The molecule has 1 aromatic carbocycles. The summed E-state index contributed by atoms with van der Waals surface area (Å²) in [5.41, 5.74) is 2.28. The molecule has 2 aromatic rings. The van der Waals surface area contributed by atoms with Gasteiger partial charge in [-0.05, 0) is 37.5 Å². The van der Waals surface area contributed by atoms with E-state index in [1.54, 1.807) is 14.2 Å². The summed E-state index contributed by atoms with van der Waals surface area (Å²) in [6.07, 6.45) is 2.03. The average Bonchev–Trinajstić information content (AvgIpc) is 3.07. The molecule has 140 valence electrons. The molecule has 1 saturated heterocycles. The van der Waals surface area contributed by atoms with Gasteiger partial charge in [0.15, 0.2) is 0 Å². The van der Waals surface area contributed by atoms with E-state index in [9.17, 15) is 0 Å². The number of anilines is 1. The van der Waals surface area contributed by atoms with Gasteiger partial charge in [0.1, 0.15) is 23.1 Å². The fourth-order valence-electron chi connectivity index (χ4n) is 3.40. The second-order valence-electron chi connectivity index (χ2n) is 6.73. The van der Waals surface area contributed by atoms with Gasteiger partial charge < -0.3 is 14.8 Å². The highest BCUT2D eigenvalue weighted by molar-refractivity contribution is 5.39. The van der Waals surface area contributed by atoms with Gasteiger partial charge in [0.2, 0.25) is 0 Å². The lowest BCUT2D eigenvalue weighted by atomic mass is 10.2. The third kappa shape index (κ3) is 4.64. The molecule has 1 fully saturated rings. The highest BCUT2D eigenvalue weighted by Crippen LogP contribution is 2.25.